The van der Waals surface area contributed by atoms with Gasteiger partial charge < -0.3 is 10.2 Å². The van der Waals surface area contributed by atoms with Gasteiger partial charge in [0.15, 0.2) is 0 Å². The summed E-state index contributed by atoms with van der Waals surface area (Å²) in [7, 11) is 0. The van der Waals surface area contributed by atoms with Crippen LogP contribution in [0.15, 0.2) is 36.4 Å². The molecular weight excluding hydrogens is 346 g/mol. The number of carbonyl (C=O) groups excluding carboxylic acids is 2. The minimum Gasteiger partial charge on any atom is -0.326 e. The molecule has 1 heterocycles. The van der Waals surface area contributed by atoms with Gasteiger partial charge in [0.25, 0.3) is 5.69 Å². The van der Waals surface area contributed by atoms with E-state index in [4.69, 9.17) is 0 Å². The van der Waals surface area contributed by atoms with E-state index in [2.05, 4.69) is 5.32 Å². The van der Waals surface area contributed by atoms with Crippen LogP contribution in [0.4, 0.5) is 17.1 Å². The van der Waals surface area contributed by atoms with Crippen molar-refractivity contribution in [1.82, 2.24) is 0 Å². The maximum Gasteiger partial charge on any atom is 0.274 e. The van der Waals surface area contributed by atoms with Crippen LogP contribution in [0.2, 0.25) is 0 Å². The number of rotatable bonds is 4. The lowest BCUT2D eigenvalue weighted by atomic mass is 10.1. The molecule has 27 heavy (non-hydrogen) atoms. The van der Waals surface area contributed by atoms with Crippen molar-refractivity contribution >= 4 is 28.9 Å². The normalized spacial score (nSPS) is 16.5. The van der Waals surface area contributed by atoms with Gasteiger partial charge in [0, 0.05) is 36.0 Å². The van der Waals surface area contributed by atoms with Gasteiger partial charge >= 0.3 is 0 Å². The second kappa shape index (κ2) is 7.19. The number of hydrogen-bond donors (Lipinski definition) is 1. The van der Waals surface area contributed by atoms with Crippen molar-refractivity contribution in [2.75, 3.05) is 16.8 Å². The lowest BCUT2D eigenvalue weighted by molar-refractivity contribution is -0.385. The van der Waals surface area contributed by atoms with Gasteiger partial charge in [-0.3, -0.25) is 19.7 Å². The third kappa shape index (κ3) is 3.67. The standard InChI is InChI=1S/C20H21N3O4/c1-12-7-8-16(10-17(12)23(26)27)21-20(25)15-9-18(24)22(11-15)19-13(2)5-4-6-14(19)3/h4-8,10,15H,9,11H2,1-3H3,(H,21,25)/t15-/m0/s1. The van der Waals surface area contributed by atoms with E-state index in [9.17, 15) is 19.7 Å². The van der Waals surface area contributed by atoms with Gasteiger partial charge in [-0.05, 0) is 38.0 Å². The highest BCUT2D eigenvalue weighted by Gasteiger charge is 2.36. The van der Waals surface area contributed by atoms with E-state index >= 15 is 0 Å². The van der Waals surface area contributed by atoms with E-state index in [1.54, 1.807) is 24.0 Å². The Kier molecular flexibility index (Phi) is 4.94. The molecule has 1 aliphatic heterocycles. The van der Waals surface area contributed by atoms with E-state index in [1.165, 1.54) is 6.07 Å². The molecule has 3 rings (SSSR count). The van der Waals surface area contributed by atoms with Crippen molar-refractivity contribution in [1.29, 1.82) is 0 Å². The summed E-state index contributed by atoms with van der Waals surface area (Å²) < 4.78 is 0. The number of benzene rings is 2. The van der Waals surface area contributed by atoms with Gasteiger partial charge in [-0.15, -0.1) is 0 Å². The molecule has 0 spiro atoms. The number of nitrogens with one attached hydrogen (secondary N) is 1. The number of nitro benzene ring substituents is 1. The summed E-state index contributed by atoms with van der Waals surface area (Å²) in [4.78, 5) is 37.3. The van der Waals surface area contributed by atoms with E-state index in [1.807, 2.05) is 32.0 Å². The van der Waals surface area contributed by atoms with E-state index in [0.29, 0.717) is 17.8 Å². The highest BCUT2D eigenvalue weighted by Crippen LogP contribution is 2.31. The van der Waals surface area contributed by atoms with Crippen LogP contribution in [0.1, 0.15) is 23.1 Å². The van der Waals surface area contributed by atoms with Crippen LogP contribution < -0.4 is 10.2 Å². The minimum atomic E-state index is -0.503. The molecule has 2 aromatic carbocycles. The second-order valence-electron chi connectivity index (χ2n) is 6.89. The molecule has 0 saturated carbocycles. The first-order valence-electron chi connectivity index (χ1n) is 8.70. The number of anilines is 2. The van der Waals surface area contributed by atoms with Gasteiger partial charge in [0.05, 0.1) is 10.8 Å². The third-order valence-corrected chi connectivity index (χ3v) is 4.88. The zero-order valence-electron chi connectivity index (χ0n) is 15.5. The Bertz CT molecular complexity index is 919. The average Bonchev–Trinajstić information content (AvgIpc) is 2.98. The Morgan fingerprint density at radius 1 is 1.15 bits per heavy atom. The van der Waals surface area contributed by atoms with Crippen LogP contribution >= 0.6 is 0 Å². The molecule has 0 aromatic heterocycles. The Morgan fingerprint density at radius 3 is 2.44 bits per heavy atom. The molecule has 7 heteroatoms. The maximum absolute atomic E-state index is 12.6. The summed E-state index contributed by atoms with van der Waals surface area (Å²) in [5.41, 5.74) is 3.65. The fourth-order valence-corrected chi connectivity index (χ4v) is 3.46. The Morgan fingerprint density at radius 2 is 1.81 bits per heavy atom. The summed E-state index contributed by atoms with van der Waals surface area (Å²) in [5.74, 6) is -0.908. The smallest absolute Gasteiger partial charge is 0.274 e. The molecule has 0 aliphatic carbocycles. The van der Waals surface area contributed by atoms with Gasteiger partial charge in [0.2, 0.25) is 11.8 Å². The van der Waals surface area contributed by atoms with Gasteiger partial charge in [-0.2, -0.15) is 0 Å². The molecule has 140 valence electrons. The highest BCUT2D eigenvalue weighted by molar-refractivity contribution is 6.04. The highest BCUT2D eigenvalue weighted by atomic mass is 16.6. The molecule has 1 aliphatic rings. The van der Waals surface area contributed by atoms with Crippen molar-refractivity contribution < 1.29 is 14.5 Å². The third-order valence-electron chi connectivity index (χ3n) is 4.88. The largest absolute Gasteiger partial charge is 0.326 e. The zero-order valence-corrected chi connectivity index (χ0v) is 15.5. The molecule has 1 atom stereocenters. The quantitative estimate of drug-likeness (QED) is 0.661. The molecular formula is C20H21N3O4. The Balaban J connectivity index is 1.77. The number of aryl methyl sites for hydroxylation is 3. The van der Waals surface area contributed by atoms with Crippen LogP contribution in [-0.2, 0) is 9.59 Å². The van der Waals surface area contributed by atoms with Crippen molar-refractivity contribution in [2.24, 2.45) is 5.92 Å². The summed E-state index contributed by atoms with van der Waals surface area (Å²) in [6.07, 6.45) is 0.119. The van der Waals surface area contributed by atoms with Crippen LogP contribution in [0.5, 0.6) is 0 Å². The number of hydrogen-bond acceptors (Lipinski definition) is 4. The fourth-order valence-electron chi connectivity index (χ4n) is 3.46. The van der Waals surface area contributed by atoms with Gasteiger partial charge in [0.1, 0.15) is 0 Å². The summed E-state index contributed by atoms with van der Waals surface area (Å²) >= 11 is 0. The van der Waals surface area contributed by atoms with E-state index < -0.39 is 10.8 Å². The number of para-hydroxylation sites is 1. The first-order chi connectivity index (χ1) is 12.8. The minimum absolute atomic E-state index is 0.0486. The fraction of sp³-hybridized carbons (Fsp3) is 0.300. The van der Waals surface area contributed by atoms with Gasteiger partial charge in [-0.25, -0.2) is 0 Å². The first-order valence-corrected chi connectivity index (χ1v) is 8.70. The Hall–Kier alpha value is -3.22. The van der Waals surface area contributed by atoms with Crippen LogP contribution in [0.25, 0.3) is 0 Å². The topological polar surface area (TPSA) is 92.6 Å². The molecule has 7 nitrogen and oxygen atoms in total. The van der Waals surface area contributed by atoms with E-state index in [0.717, 1.165) is 16.8 Å². The molecule has 2 amide bonds. The number of nitrogens with zero attached hydrogens (tertiary/aromatic N) is 2. The van der Waals surface area contributed by atoms with E-state index in [-0.39, 0.29) is 23.9 Å². The van der Waals surface area contributed by atoms with Crippen molar-refractivity contribution in [3.05, 3.63) is 63.2 Å². The predicted octanol–water partition coefficient (Wildman–Crippen LogP) is 3.51. The number of amides is 2. The summed E-state index contributed by atoms with van der Waals surface area (Å²) in [6.45, 7) is 5.81. The molecule has 0 bridgehead atoms. The molecule has 2 aromatic rings. The van der Waals surface area contributed by atoms with Crippen LogP contribution in [-0.4, -0.2) is 23.3 Å². The summed E-state index contributed by atoms with van der Waals surface area (Å²) in [6, 6.07) is 10.4. The van der Waals surface area contributed by atoms with Crippen LogP contribution in [0, 0.1) is 36.8 Å². The molecule has 1 fully saturated rings. The first kappa shape index (κ1) is 18.6. The van der Waals surface area contributed by atoms with Crippen molar-refractivity contribution in [3.8, 4) is 0 Å². The second-order valence-corrected chi connectivity index (χ2v) is 6.89. The lowest BCUT2D eigenvalue weighted by Gasteiger charge is -2.21. The van der Waals surface area contributed by atoms with Crippen LogP contribution in [0.3, 0.4) is 0 Å². The monoisotopic (exact) mass is 367 g/mol. The predicted molar refractivity (Wildman–Crippen MR) is 103 cm³/mol. The Labute approximate surface area is 157 Å². The number of nitro groups is 1. The lowest BCUT2D eigenvalue weighted by Crippen LogP contribution is -2.29. The zero-order chi connectivity index (χ0) is 19.7. The molecule has 0 radical (unpaired) electrons. The average molecular weight is 367 g/mol. The SMILES string of the molecule is Cc1ccc(NC(=O)[C@H]2CC(=O)N(c3c(C)cccc3C)C2)cc1[N+](=O)[O-]. The number of carbonyl (C=O) groups is 2. The molecule has 0 unspecified atom stereocenters. The molecule has 1 saturated heterocycles. The molecule has 1 N–H and O–H groups in total. The maximum atomic E-state index is 12.6. The van der Waals surface area contributed by atoms with Crippen molar-refractivity contribution in [2.45, 2.75) is 27.2 Å². The van der Waals surface area contributed by atoms with Crippen molar-refractivity contribution in [3.63, 3.8) is 0 Å². The van der Waals surface area contributed by atoms with Gasteiger partial charge in [-0.1, -0.05) is 24.3 Å². The summed E-state index contributed by atoms with van der Waals surface area (Å²) in [5, 5.41) is 13.8.